The molecule has 0 aromatic heterocycles. The summed E-state index contributed by atoms with van der Waals surface area (Å²) in [7, 11) is 4.74. The highest BCUT2D eigenvalue weighted by Crippen LogP contribution is 2.27. The number of ether oxygens (including phenoxy) is 2. The number of rotatable bonds is 8. The van der Waals surface area contributed by atoms with Gasteiger partial charge < -0.3 is 19.3 Å². The fourth-order valence-corrected chi connectivity index (χ4v) is 2.21. The Morgan fingerprint density at radius 2 is 1.71 bits per heavy atom. The Kier molecular flexibility index (Phi) is 7.82. The summed E-state index contributed by atoms with van der Waals surface area (Å²) < 4.78 is 10.4. The van der Waals surface area contributed by atoms with E-state index in [1.165, 1.54) is 11.0 Å². The molecule has 132 valence electrons. The first-order chi connectivity index (χ1) is 11.5. The zero-order valence-corrected chi connectivity index (χ0v) is 15.0. The van der Waals surface area contributed by atoms with Crippen molar-refractivity contribution >= 4 is 17.9 Å². The molecule has 6 nitrogen and oxygen atoms in total. The average molecular weight is 334 g/mol. The van der Waals surface area contributed by atoms with Crippen molar-refractivity contribution < 1.29 is 19.1 Å². The smallest absolute Gasteiger partial charge is 0.246 e. The molecule has 1 rings (SSSR count). The van der Waals surface area contributed by atoms with Crippen LogP contribution in [0.25, 0.3) is 6.08 Å². The lowest BCUT2D eigenvalue weighted by molar-refractivity contribution is -0.136. The second-order valence-electron chi connectivity index (χ2n) is 5.21. The standard InChI is InChI=1S/C18H26N2O4/c1-6-20(7-2)18(22)13-19(3)17(21)11-9-14-8-10-15(23-4)16(12-14)24-5/h8-12H,6-7,13H2,1-5H3/b11-9+. The molecular formula is C18H26N2O4. The molecule has 1 aromatic carbocycles. The number of methoxy groups -OCH3 is 2. The summed E-state index contributed by atoms with van der Waals surface area (Å²) in [6, 6.07) is 5.38. The Balaban J connectivity index is 2.72. The van der Waals surface area contributed by atoms with Crippen LogP contribution in [0.4, 0.5) is 0 Å². The van der Waals surface area contributed by atoms with Crippen molar-refractivity contribution in [3.8, 4) is 11.5 Å². The minimum atomic E-state index is -0.231. The summed E-state index contributed by atoms with van der Waals surface area (Å²) in [6.45, 7) is 5.18. The number of benzene rings is 1. The Labute approximate surface area is 143 Å². The number of nitrogens with zero attached hydrogens (tertiary/aromatic N) is 2. The lowest BCUT2D eigenvalue weighted by Gasteiger charge is -2.22. The Hall–Kier alpha value is -2.50. The molecule has 0 unspecified atom stereocenters. The molecule has 0 spiro atoms. The van der Waals surface area contributed by atoms with Gasteiger partial charge in [0.25, 0.3) is 0 Å². The fourth-order valence-electron chi connectivity index (χ4n) is 2.21. The summed E-state index contributed by atoms with van der Waals surface area (Å²) in [5, 5.41) is 0. The quantitative estimate of drug-likeness (QED) is 0.683. The molecule has 6 heteroatoms. The average Bonchev–Trinajstić information content (AvgIpc) is 2.60. The first-order valence-electron chi connectivity index (χ1n) is 7.89. The van der Waals surface area contributed by atoms with E-state index in [1.807, 2.05) is 19.9 Å². The minimum Gasteiger partial charge on any atom is -0.493 e. The molecule has 0 aliphatic heterocycles. The van der Waals surface area contributed by atoms with E-state index in [4.69, 9.17) is 9.47 Å². The van der Waals surface area contributed by atoms with Crippen LogP contribution in [0.3, 0.4) is 0 Å². The van der Waals surface area contributed by atoms with Gasteiger partial charge in [0.1, 0.15) is 0 Å². The second kappa shape index (κ2) is 9.60. The van der Waals surface area contributed by atoms with Crippen LogP contribution < -0.4 is 9.47 Å². The molecule has 0 saturated carbocycles. The van der Waals surface area contributed by atoms with Crippen molar-refractivity contribution in [3.05, 3.63) is 29.8 Å². The lowest BCUT2D eigenvalue weighted by atomic mass is 10.2. The van der Waals surface area contributed by atoms with E-state index < -0.39 is 0 Å². The summed E-state index contributed by atoms with van der Waals surface area (Å²) in [4.78, 5) is 27.3. The van der Waals surface area contributed by atoms with Gasteiger partial charge in [-0.2, -0.15) is 0 Å². The predicted octanol–water partition coefficient (Wildman–Crippen LogP) is 2.04. The van der Waals surface area contributed by atoms with Crippen molar-refractivity contribution in [2.24, 2.45) is 0 Å². The van der Waals surface area contributed by atoms with Gasteiger partial charge in [0.05, 0.1) is 20.8 Å². The fraction of sp³-hybridized carbons (Fsp3) is 0.444. The van der Waals surface area contributed by atoms with E-state index in [0.717, 1.165) is 5.56 Å². The third-order valence-corrected chi connectivity index (χ3v) is 3.69. The third-order valence-electron chi connectivity index (χ3n) is 3.69. The van der Waals surface area contributed by atoms with E-state index in [1.54, 1.807) is 44.4 Å². The van der Waals surface area contributed by atoms with Crippen LogP contribution in [0.1, 0.15) is 19.4 Å². The first kappa shape index (κ1) is 19.5. The number of amides is 2. The monoisotopic (exact) mass is 334 g/mol. The molecule has 0 atom stereocenters. The largest absolute Gasteiger partial charge is 0.493 e. The van der Waals surface area contributed by atoms with Crippen LogP contribution in [-0.2, 0) is 9.59 Å². The van der Waals surface area contributed by atoms with Crippen LogP contribution in [-0.4, -0.2) is 62.5 Å². The van der Waals surface area contributed by atoms with Gasteiger partial charge in [-0.15, -0.1) is 0 Å². The van der Waals surface area contributed by atoms with Crippen LogP contribution in [0.5, 0.6) is 11.5 Å². The number of hydrogen-bond acceptors (Lipinski definition) is 4. The van der Waals surface area contributed by atoms with E-state index in [9.17, 15) is 9.59 Å². The number of likely N-dealkylation sites (N-methyl/N-ethyl adjacent to an activating group) is 2. The van der Waals surface area contributed by atoms with E-state index in [-0.39, 0.29) is 18.4 Å². The molecule has 24 heavy (non-hydrogen) atoms. The molecule has 0 bridgehead atoms. The summed E-state index contributed by atoms with van der Waals surface area (Å²) in [5.41, 5.74) is 0.810. The van der Waals surface area contributed by atoms with Gasteiger partial charge >= 0.3 is 0 Å². The van der Waals surface area contributed by atoms with Gasteiger partial charge in [-0.3, -0.25) is 9.59 Å². The molecule has 0 N–H and O–H groups in total. The third kappa shape index (κ3) is 5.30. The van der Waals surface area contributed by atoms with Gasteiger partial charge in [0.2, 0.25) is 11.8 Å². The predicted molar refractivity (Wildman–Crippen MR) is 94.1 cm³/mol. The zero-order chi connectivity index (χ0) is 18.1. The van der Waals surface area contributed by atoms with Crippen molar-refractivity contribution in [2.45, 2.75) is 13.8 Å². The SMILES string of the molecule is CCN(CC)C(=O)CN(C)C(=O)/C=C/c1ccc(OC)c(OC)c1. The van der Waals surface area contributed by atoms with Crippen LogP contribution in [0.2, 0.25) is 0 Å². The van der Waals surface area contributed by atoms with Crippen molar-refractivity contribution in [1.82, 2.24) is 9.80 Å². The van der Waals surface area contributed by atoms with E-state index >= 15 is 0 Å². The Bertz CT molecular complexity index is 595. The van der Waals surface area contributed by atoms with Gasteiger partial charge in [-0.25, -0.2) is 0 Å². The first-order valence-corrected chi connectivity index (χ1v) is 7.89. The number of hydrogen-bond donors (Lipinski definition) is 0. The van der Waals surface area contributed by atoms with Crippen molar-refractivity contribution in [3.63, 3.8) is 0 Å². The van der Waals surface area contributed by atoms with Gasteiger partial charge in [-0.05, 0) is 37.6 Å². The molecule has 0 saturated heterocycles. The number of carbonyl (C=O) groups excluding carboxylic acids is 2. The Morgan fingerprint density at radius 3 is 2.25 bits per heavy atom. The van der Waals surface area contributed by atoms with Crippen molar-refractivity contribution in [2.75, 3.05) is 40.9 Å². The number of carbonyl (C=O) groups is 2. The highest BCUT2D eigenvalue weighted by molar-refractivity contribution is 5.94. The van der Waals surface area contributed by atoms with Crippen LogP contribution in [0.15, 0.2) is 24.3 Å². The van der Waals surface area contributed by atoms with Crippen molar-refractivity contribution in [1.29, 1.82) is 0 Å². The van der Waals surface area contributed by atoms with Crippen LogP contribution >= 0.6 is 0 Å². The topological polar surface area (TPSA) is 59.1 Å². The molecule has 0 fully saturated rings. The normalized spacial score (nSPS) is 10.5. The molecule has 0 heterocycles. The van der Waals surface area contributed by atoms with E-state index in [0.29, 0.717) is 24.6 Å². The molecular weight excluding hydrogens is 308 g/mol. The second-order valence-corrected chi connectivity index (χ2v) is 5.21. The van der Waals surface area contributed by atoms with Gasteiger partial charge in [0.15, 0.2) is 11.5 Å². The minimum absolute atomic E-state index is 0.0598. The van der Waals surface area contributed by atoms with Gasteiger partial charge in [-0.1, -0.05) is 6.07 Å². The highest BCUT2D eigenvalue weighted by Gasteiger charge is 2.14. The summed E-state index contributed by atoms with van der Waals surface area (Å²) >= 11 is 0. The van der Waals surface area contributed by atoms with Gasteiger partial charge in [0, 0.05) is 26.2 Å². The molecule has 0 aliphatic carbocycles. The maximum atomic E-state index is 12.1. The van der Waals surface area contributed by atoms with Crippen LogP contribution in [0, 0.1) is 0 Å². The summed E-state index contributed by atoms with van der Waals surface area (Å²) in [6.07, 6.45) is 3.12. The lowest BCUT2D eigenvalue weighted by Crippen LogP contribution is -2.40. The highest BCUT2D eigenvalue weighted by atomic mass is 16.5. The van der Waals surface area contributed by atoms with E-state index in [2.05, 4.69) is 0 Å². The molecule has 1 aromatic rings. The molecule has 2 amide bonds. The molecule has 0 aliphatic rings. The zero-order valence-electron chi connectivity index (χ0n) is 15.0. The molecule has 0 radical (unpaired) electrons. The Morgan fingerprint density at radius 1 is 1.08 bits per heavy atom. The summed E-state index contributed by atoms with van der Waals surface area (Å²) in [5.74, 6) is 0.931. The maximum absolute atomic E-state index is 12.1. The maximum Gasteiger partial charge on any atom is 0.246 e.